The Morgan fingerprint density at radius 2 is 1.74 bits per heavy atom. The van der Waals surface area contributed by atoms with Crippen molar-refractivity contribution in [2.45, 2.75) is 19.5 Å². The first kappa shape index (κ1) is 21.1. The number of amides is 2. The van der Waals surface area contributed by atoms with E-state index in [0.717, 1.165) is 31.7 Å². The molecule has 0 bridgehead atoms. The molecule has 1 unspecified atom stereocenters. The first-order valence-electron chi connectivity index (χ1n) is 10.6. The van der Waals surface area contributed by atoms with E-state index in [4.69, 9.17) is 9.47 Å². The Morgan fingerprint density at radius 1 is 1.00 bits per heavy atom. The minimum absolute atomic E-state index is 0.0194. The molecule has 31 heavy (non-hydrogen) atoms. The fourth-order valence-electron chi connectivity index (χ4n) is 3.75. The molecule has 4 rings (SSSR count). The monoisotopic (exact) mass is 424 g/mol. The molecule has 2 aliphatic heterocycles. The first-order valence-corrected chi connectivity index (χ1v) is 10.6. The van der Waals surface area contributed by atoms with Gasteiger partial charge in [-0.3, -0.25) is 19.4 Å². The number of carbonyl (C=O) groups excluding carboxylic acids is 2. The summed E-state index contributed by atoms with van der Waals surface area (Å²) in [5.41, 5.74) is 1.78. The number of hydrogen-bond acceptors (Lipinski definition) is 6. The molecule has 2 amide bonds. The molecule has 1 saturated heterocycles. The predicted molar refractivity (Wildman–Crippen MR) is 117 cm³/mol. The third kappa shape index (κ3) is 5.53. The third-order valence-electron chi connectivity index (χ3n) is 5.67. The maximum atomic E-state index is 12.7. The van der Waals surface area contributed by atoms with Crippen molar-refractivity contribution in [2.75, 3.05) is 44.8 Å². The first-order chi connectivity index (χ1) is 15.1. The van der Waals surface area contributed by atoms with Gasteiger partial charge in [0.25, 0.3) is 0 Å². The summed E-state index contributed by atoms with van der Waals surface area (Å²) < 4.78 is 10.7. The number of nitrogens with one attached hydrogen (secondary N) is 2. The molecule has 2 aromatic rings. The van der Waals surface area contributed by atoms with Crippen LogP contribution < -0.4 is 20.1 Å². The zero-order valence-electron chi connectivity index (χ0n) is 17.7. The summed E-state index contributed by atoms with van der Waals surface area (Å²) in [5, 5.41) is 5.92. The summed E-state index contributed by atoms with van der Waals surface area (Å²) in [7, 11) is 0. The van der Waals surface area contributed by atoms with E-state index < -0.39 is 0 Å². The van der Waals surface area contributed by atoms with Gasteiger partial charge in [0.15, 0.2) is 11.5 Å². The Bertz CT molecular complexity index is 913. The van der Waals surface area contributed by atoms with Crippen molar-refractivity contribution in [3.8, 4) is 11.5 Å². The molecule has 8 heteroatoms. The summed E-state index contributed by atoms with van der Waals surface area (Å²) >= 11 is 0. The van der Waals surface area contributed by atoms with Crippen LogP contribution in [0.3, 0.4) is 0 Å². The summed E-state index contributed by atoms with van der Waals surface area (Å²) in [4.78, 5) is 29.2. The Labute approximate surface area is 182 Å². The molecule has 1 fully saturated rings. The van der Waals surface area contributed by atoms with Gasteiger partial charge < -0.3 is 20.1 Å². The molecule has 0 spiro atoms. The largest absolute Gasteiger partial charge is 0.454 e. The molecule has 164 valence electrons. The number of anilines is 1. The number of carbonyl (C=O) groups is 2. The number of rotatable bonds is 7. The van der Waals surface area contributed by atoms with E-state index in [9.17, 15) is 9.59 Å². The van der Waals surface area contributed by atoms with E-state index in [-0.39, 0.29) is 24.6 Å². The zero-order chi connectivity index (χ0) is 21.6. The van der Waals surface area contributed by atoms with Crippen LogP contribution in [0, 0.1) is 0 Å². The standard InChI is InChI=1S/C23H28N4O4/c1-17(23(29)25-19-7-8-20-21(13-19)31-16-30-20)27-11-9-26(10-12-27)15-22(28)24-14-18-5-3-2-4-6-18/h2-8,13,17H,9-12,14-16H2,1H3,(H,24,28)(H,25,29). The second kappa shape index (κ2) is 9.80. The molecule has 2 aromatic carbocycles. The van der Waals surface area contributed by atoms with Gasteiger partial charge in [-0.2, -0.15) is 0 Å². The quantitative estimate of drug-likeness (QED) is 0.704. The Morgan fingerprint density at radius 3 is 2.52 bits per heavy atom. The summed E-state index contributed by atoms with van der Waals surface area (Å²) in [6.07, 6.45) is 0. The van der Waals surface area contributed by atoms with Crippen molar-refractivity contribution in [3.05, 3.63) is 54.1 Å². The fraction of sp³-hybridized carbons (Fsp3) is 0.391. The third-order valence-corrected chi connectivity index (χ3v) is 5.67. The second-order valence-corrected chi connectivity index (χ2v) is 7.81. The van der Waals surface area contributed by atoms with Crippen molar-refractivity contribution >= 4 is 17.5 Å². The van der Waals surface area contributed by atoms with Crippen LogP contribution in [-0.2, 0) is 16.1 Å². The van der Waals surface area contributed by atoms with Crippen LogP contribution in [0.1, 0.15) is 12.5 Å². The highest BCUT2D eigenvalue weighted by molar-refractivity contribution is 5.94. The Kier molecular flexibility index (Phi) is 6.69. The minimum Gasteiger partial charge on any atom is -0.454 e. The molecular weight excluding hydrogens is 396 g/mol. The zero-order valence-corrected chi connectivity index (χ0v) is 17.7. The SMILES string of the molecule is CC(C(=O)Nc1ccc2c(c1)OCO2)N1CCN(CC(=O)NCc2ccccc2)CC1. The number of fused-ring (bicyclic) bond motifs is 1. The highest BCUT2D eigenvalue weighted by Crippen LogP contribution is 2.34. The molecule has 8 nitrogen and oxygen atoms in total. The lowest BCUT2D eigenvalue weighted by atomic mass is 10.2. The van der Waals surface area contributed by atoms with Crippen LogP contribution in [0.4, 0.5) is 5.69 Å². The van der Waals surface area contributed by atoms with Gasteiger partial charge >= 0.3 is 0 Å². The number of ether oxygens (including phenoxy) is 2. The summed E-state index contributed by atoms with van der Waals surface area (Å²) in [6.45, 7) is 6.00. The molecule has 1 atom stereocenters. The van der Waals surface area contributed by atoms with Gasteiger partial charge in [-0.15, -0.1) is 0 Å². The van der Waals surface area contributed by atoms with E-state index in [1.165, 1.54) is 0 Å². The summed E-state index contributed by atoms with van der Waals surface area (Å²) in [6, 6.07) is 15.0. The molecule has 2 N–H and O–H groups in total. The summed E-state index contributed by atoms with van der Waals surface area (Å²) in [5.74, 6) is 1.29. The normalized spacial score (nSPS) is 17.2. The van der Waals surface area contributed by atoms with E-state index in [1.807, 2.05) is 43.3 Å². The van der Waals surface area contributed by atoms with E-state index >= 15 is 0 Å². The van der Waals surface area contributed by atoms with Crippen molar-refractivity contribution in [2.24, 2.45) is 0 Å². The van der Waals surface area contributed by atoms with Crippen LogP contribution in [0.2, 0.25) is 0 Å². The highest BCUT2D eigenvalue weighted by Gasteiger charge is 2.26. The predicted octanol–water partition coefficient (Wildman–Crippen LogP) is 1.68. The lowest BCUT2D eigenvalue weighted by molar-refractivity contribution is -0.124. The number of benzene rings is 2. The highest BCUT2D eigenvalue weighted by atomic mass is 16.7. The van der Waals surface area contributed by atoms with Crippen molar-refractivity contribution in [1.29, 1.82) is 0 Å². The van der Waals surface area contributed by atoms with Crippen LogP contribution in [0.25, 0.3) is 0 Å². The maximum absolute atomic E-state index is 12.7. The maximum Gasteiger partial charge on any atom is 0.241 e. The van der Waals surface area contributed by atoms with Crippen LogP contribution >= 0.6 is 0 Å². The number of nitrogens with zero attached hydrogens (tertiary/aromatic N) is 2. The van der Waals surface area contributed by atoms with Gasteiger partial charge in [0.05, 0.1) is 12.6 Å². The molecule has 2 aliphatic rings. The van der Waals surface area contributed by atoms with Crippen LogP contribution in [0.15, 0.2) is 48.5 Å². The van der Waals surface area contributed by atoms with E-state index in [0.29, 0.717) is 30.3 Å². The topological polar surface area (TPSA) is 83.1 Å². The van der Waals surface area contributed by atoms with Gasteiger partial charge in [0.1, 0.15) is 0 Å². The lowest BCUT2D eigenvalue weighted by Gasteiger charge is -2.37. The van der Waals surface area contributed by atoms with Crippen LogP contribution in [0.5, 0.6) is 11.5 Å². The van der Waals surface area contributed by atoms with Crippen molar-refractivity contribution in [3.63, 3.8) is 0 Å². The Hall–Kier alpha value is -3.10. The molecule has 0 aromatic heterocycles. The molecule has 0 radical (unpaired) electrons. The minimum atomic E-state index is -0.264. The average Bonchev–Trinajstić information content (AvgIpc) is 3.26. The van der Waals surface area contributed by atoms with Gasteiger partial charge in [0.2, 0.25) is 18.6 Å². The molecule has 2 heterocycles. The fourth-order valence-corrected chi connectivity index (χ4v) is 3.75. The van der Waals surface area contributed by atoms with E-state index in [1.54, 1.807) is 12.1 Å². The lowest BCUT2D eigenvalue weighted by Crippen LogP contribution is -2.54. The molecule has 0 saturated carbocycles. The Balaban J connectivity index is 1.20. The van der Waals surface area contributed by atoms with Crippen molar-refractivity contribution < 1.29 is 19.1 Å². The smallest absolute Gasteiger partial charge is 0.241 e. The van der Waals surface area contributed by atoms with Gasteiger partial charge in [-0.25, -0.2) is 0 Å². The second-order valence-electron chi connectivity index (χ2n) is 7.81. The average molecular weight is 425 g/mol. The van der Waals surface area contributed by atoms with Crippen LogP contribution in [-0.4, -0.2) is 67.2 Å². The molecular formula is C23H28N4O4. The van der Waals surface area contributed by atoms with Crippen molar-refractivity contribution in [1.82, 2.24) is 15.1 Å². The van der Waals surface area contributed by atoms with Gasteiger partial charge in [0, 0.05) is 44.5 Å². The molecule has 0 aliphatic carbocycles. The number of hydrogen-bond donors (Lipinski definition) is 2. The van der Waals surface area contributed by atoms with E-state index in [2.05, 4.69) is 20.4 Å². The number of piperazine rings is 1. The van der Waals surface area contributed by atoms with Gasteiger partial charge in [-0.1, -0.05) is 30.3 Å². The van der Waals surface area contributed by atoms with Gasteiger partial charge in [-0.05, 0) is 24.6 Å².